The van der Waals surface area contributed by atoms with Crippen LogP contribution in [0.25, 0.3) is 0 Å². The van der Waals surface area contributed by atoms with Gasteiger partial charge in [-0.15, -0.1) is 0 Å². The predicted octanol–water partition coefficient (Wildman–Crippen LogP) is 0.875. The zero-order valence-corrected chi connectivity index (χ0v) is 14.9. The van der Waals surface area contributed by atoms with Crippen LogP contribution >= 0.6 is 0 Å². The van der Waals surface area contributed by atoms with E-state index in [0.717, 1.165) is 24.9 Å². The third kappa shape index (κ3) is 4.30. The summed E-state index contributed by atoms with van der Waals surface area (Å²) in [6.07, 6.45) is 2.16. The number of nitrogens with two attached hydrogens (primary N) is 1. The average Bonchev–Trinajstić information content (AvgIpc) is 2.55. The number of rotatable bonds is 6. The van der Waals surface area contributed by atoms with Crippen molar-refractivity contribution >= 4 is 10.0 Å². The Kier molecular flexibility index (Phi) is 6.16. The molecule has 1 aromatic carbocycles. The molecule has 6 nitrogen and oxygen atoms in total. The molecule has 1 fully saturated rings. The highest BCUT2D eigenvalue weighted by Crippen LogP contribution is 2.22. The van der Waals surface area contributed by atoms with Gasteiger partial charge in [-0.1, -0.05) is 12.1 Å². The molecule has 2 unspecified atom stereocenters. The lowest BCUT2D eigenvalue weighted by Gasteiger charge is -2.38. The van der Waals surface area contributed by atoms with E-state index in [4.69, 9.17) is 10.5 Å². The molecule has 0 amide bonds. The molecule has 23 heavy (non-hydrogen) atoms. The Bertz CT molecular complexity index is 619. The fraction of sp³-hybridized carbons (Fsp3) is 0.625. The minimum Gasteiger partial charge on any atom is -0.381 e. The van der Waals surface area contributed by atoms with Crippen LogP contribution in [0.5, 0.6) is 0 Å². The first-order valence-electron chi connectivity index (χ1n) is 7.87. The van der Waals surface area contributed by atoms with Crippen LogP contribution in [0.1, 0.15) is 18.4 Å². The van der Waals surface area contributed by atoms with Crippen LogP contribution in [-0.4, -0.2) is 64.1 Å². The minimum absolute atomic E-state index is 0.264. The molecule has 0 aliphatic carbocycles. The number of ether oxygens (including phenoxy) is 1. The molecule has 0 aromatic heterocycles. The van der Waals surface area contributed by atoms with Crippen LogP contribution in [0.3, 0.4) is 0 Å². The molecule has 1 aliphatic rings. The Balaban J connectivity index is 2.14. The van der Waals surface area contributed by atoms with Crippen LogP contribution < -0.4 is 5.73 Å². The molecule has 1 heterocycles. The molecule has 0 radical (unpaired) electrons. The quantitative estimate of drug-likeness (QED) is 0.831. The molecular weight excluding hydrogens is 314 g/mol. The summed E-state index contributed by atoms with van der Waals surface area (Å²) in [5.41, 5.74) is 6.89. The van der Waals surface area contributed by atoms with Gasteiger partial charge in [0.2, 0.25) is 10.0 Å². The van der Waals surface area contributed by atoms with E-state index in [1.807, 2.05) is 6.07 Å². The summed E-state index contributed by atoms with van der Waals surface area (Å²) in [4.78, 5) is 2.65. The summed E-state index contributed by atoms with van der Waals surface area (Å²) in [6.45, 7) is 2.19. The molecule has 0 spiro atoms. The van der Waals surface area contributed by atoms with E-state index in [1.165, 1.54) is 4.31 Å². The van der Waals surface area contributed by atoms with Gasteiger partial charge in [0.25, 0.3) is 0 Å². The molecule has 2 N–H and O–H groups in total. The summed E-state index contributed by atoms with van der Waals surface area (Å²) in [5.74, 6) is 0. The third-order valence-electron chi connectivity index (χ3n) is 4.46. The monoisotopic (exact) mass is 341 g/mol. The van der Waals surface area contributed by atoms with Gasteiger partial charge < -0.3 is 10.5 Å². The summed E-state index contributed by atoms with van der Waals surface area (Å²) in [7, 11) is 1.42. The third-order valence-corrected chi connectivity index (χ3v) is 6.27. The number of nitrogens with zero attached hydrogens (tertiary/aromatic N) is 2. The maximum absolute atomic E-state index is 12.3. The summed E-state index contributed by atoms with van der Waals surface area (Å²) < 4.78 is 31.2. The van der Waals surface area contributed by atoms with Gasteiger partial charge in [0, 0.05) is 46.9 Å². The van der Waals surface area contributed by atoms with Crippen LogP contribution in [0.4, 0.5) is 0 Å². The molecule has 0 saturated carbocycles. The van der Waals surface area contributed by atoms with Crippen molar-refractivity contribution in [2.24, 2.45) is 5.73 Å². The van der Waals surface area contributed by atoms with E-state index >= 15 is 0 Å². The van der Waals surface area contributed by atoms with Crippen molar-refractivity contribution in [1.82, 2.24) is 9.21 Å². The van der Waals surface area contributed by atoms with Gasteiger partial charge in [0.05, 0.1) is 11.0 Å². The predicted molar refractivity (Wildman–Crippen MR) is 90.6 cm³/mol. The van der Waals surface area contributed by atoms with Crippen molar-refractivity contribution < 1.29 is 13.2 Å². The van der Waals surface area contributed by atoms with Gasteiger partial charge in [-0.05, 0) is 30.5 Å². The second kappa shape index (κ2) is 7.72. The van der Waals surface area contributed by atoms with E-state index in [2.05, 4.69) is 4.90 Å². The number of piperidine rings is 1. The van der Waals surface area contributed by atoms with Crippen LogP contribution in [-0.2, 0) is 21.3 Å². The second-order valence-corrected chi connectivity index (χ2v) is 8.33. The molecule has 1 aliphatic heterocycles. The zero-order valence-electron chi connectivity index (χ0n) is 14.1. The molecular formula is C16H27N3O3S. The first-order valence-corrected chi connectivity index (χ1v) is 9.31. The Hall–Kier alpha value is -0.990. The maximum Gasteiger partial charge on any atom is 0.242 e. The molecule has 2 atom stereocenters. The number of methoxy groups -OCH3 is 1. The summed E-state index contributed by atoms with van der Waals surface area (Å²) in [6, 6.07) is 7.42. The largest absolute Gasteiger partial charge is 0.381 e. The van der Waals surface area contributed by atoms with Crippen molar-refractivity contribution in [3.63, 3.8) is 0 Å². The van der Waals surface area contributed by atoms with E-state index < -0.39 is 10.0 Å². The van der Waals surface area contributed by atoms with Crippen LogP contribution in [0, 0.1) is 0 Å². The summed E-state index contributed by atoms with van der Waals surface area (Å²) >= 11 is 0. The van der Waals surface area contributed by atoms with Gasteiger partial charge in [-0.25, -0.2) is 12.7 Å². The van der Waals surface area contributed by atoms with Crippen molar-refractivity contribution in [3.8, 4) is 0 Å². The van der Waals surface area contributed by atoms with Gasteiger partial charge >= 0.3 is 0 Å². The molecule has 2 rings (SSSR count). The minimum atomic E-state index is -3.40. The Morgan fingerprint density at radius 1 is 1.39 bits per heavy atom. The van der Waals surface area contributed by atoms with E-state index in [1.54, 1.807) is 39.4 Å². The van der Waals surface area contributed by atoms with Crippen molar-refractivity contribution in [2.75, 3.05) is 34.3 Å². The highest BCUT2D eigenvalue weighted by atomic mass is 32.2. The Labute approximate surface area is 139 Å². The van der Waals surface area contributed by atoms with Crippen molar-refractivity contribution in [2.45, 2.75) is 36.4 Å². The molecule has 1 saturated heterocycles. The van der Waals surface area contributed by atoms with E-state index in [9.17, 15) is 8.42 Å². The first kappa shape index (κ1) is 18.4. The Morgan fingerprint density at radius 2 is 2.13 bits per heavy atom. The van der Waals surface area contributed by atoms with Crippen LogP contribution in [0.2, 0.25) is 0 Å². The number of hydrogen-bond donors (Lipinski definition) is 1. The highest BCUT2D eigenvalue weighted by Gasteiger charge is 2.27. The standard InChI is InChI=1S/C16H27N3O3S/c1-18(2)23(20,21)16-6-4-5-13(9-16)12-19-8-7-15(22-3)10-14(19)11-17/h4-6,9,14-15H,7-8,10-12,17H2,1-3H3. The fourth-order valence-electron chi connectivity index (χ4n) is 2.98. The summed E-state index contributed by atoms with van der Waals surface area (Å²) in [5, 5.41) is 0. The lowest BCUT2D eigenvalue weighted by molar-refractivity contribution is 0.0102. The zero-order chi connectivity index (χ0) is 17.0. The second-order valence-electron chi connectivity index (χ2n) is 6.18. The molecule has 0 bridgehead atoms. The topological polar surface area (TPSA) is 75.9 Å². The Morgan fingerprint density at radius 3 is 2.74 bits per heavy atom. The van der Waals surface area contributed by atoms with Gasteiger partial charge in [-0.2, -0.15) is 0 Å². The van der Waals surface area contributed by atoms with Gasteiger partial charge in [0.1, 0.15) is 0 Å². The number of benzene rings is 1. The number of hydrogen-bond acceptors (Lipinski definition) is 5. The van der Waals surface area contributed by atoms with E-state index in [-0.39, 0.29) is 12.1 Å². The molecule has 7 heteroatoms. The lowest BCUT2D eigenvalue weighted by Crippen LogP contribution is -2.47. The maximum atomic E-state index is 12.3. The SMILES string of the molecule is COC1CCN(Cc2cccc(S(=O)(=O)N(C)C)c2)C(CN)C1. The van der Waals surface area contributed by atoms with Gasteiger partial charge in [0.15, 0.2) is 0 Å². The fourth-order valence-corrected chi connectivity index (χ4v) is 3.95. The normalized spacial score (nSPS) is 23.3. The van der Waals surface area contributed by atoms with Gasteiger partial charge in [-0.3, -0.25) is 4.90 Å². The number of likely N-dealkylation sites (tertiary alicyclic amines) is 1. The van der Waals surface area contributed by atoms with Crippen molar-refractivity contribution in [3.05, 3.63) is 29.8 Å². The van der Waals surface area contributed by atoms with E-state index in [0.29, 0.717) is 18.0 Å². The highest BCUT2D eigenvalue weighted by molar-refractivity contribution is 7.89. The first-order chi connectivity index (χ1) is 10.9. The average molecular weight is 341 g/mol. The van der Waals surface area contributed by atoms with Crippen molar-refractivity contribution in [1.29, 1.82) is 0 Å². The molecule has 130 valence electrons. The smallest absolute Gasteiger partial charge is 0.242 e. The van der Waals surface area contributed by atoms with Crippen LogP contribution in [0.15, 0.2) is 29.2 Å². The lowest BCUT2D eigenvalue weighted by atomic mass is 9.98. The number of sulfonamides is 1. The molecule has 1 aromatic rings.